The van der Waals surface area contributed by atoms with Crippen LogP contribution < -0.4 is 15.0 Å². The summed E-state index contributed by atoms with van der Waals surface area (Å²) in [5.74, 6) is 0.669. The summed E-state index contributed by atoms with van der Waals surface area (Å²) in [4.78, 5) is 13.9. The van der Waals surface area contributed by atoms with Gasteiger partial charge in [0.25, 0.3) is 5.91 Å². The smallest absolute Gasteiger partial charge is 0.253 e. The zero-order valence-electron chi connectivity index (χ0n) is 11.9. The molecule has 0 aliphatic rings. The van der Waals surface area contributed by atoms with Gasteiger partial charge in [0, 0.05) is 51.5 Å². The second kappa shape index (κ2) is 4.84. The molecule has 102 valence electrons. The number of nitrogens with zero attached hydrogens (tertiary/aromatic N) is 2. The molecule has 1 amide bonds. The van der Waals surface area contributed by atoms with Gasteiger partial charge in [0.1, 0.15) is 5.75 Å². The number of methoxy groups -OCH3 is 1. The maximum Gasteiger partial charge on any atom is 0.253 e. The minimum atomic E-state index is -0.0939. The summed E-state index contributed by atoms with van der Waals surface area (Å²) < 4.78 is 7.36. The molecule has 0 fully saturated rings. The number of carbonyl (C=O) groups is 1. The van der Waals surface area contributed by atoms with Crippen LogP contribution in [-0.2, 0) is 7.05 Å². The second-order valence-electron chi connectivity index (χ2n) is 4.67. The monoisotopic (exact) mass is 261 g/mol. The minimum Gasteiger partial charge on any atom is -0.494 e. The molecule has 0 bridgehead atoms. The largest absolute Gasteiger partial charge is 0.494 e. The van der Waals surface area contributed by atoms with E-state index in [1.807, 2.05) is 48.9 Å². The fraction of sp³-hybridized carbons (Fsp3) is 0.357. The lowest BCUT2D eigenvalue weighted by molar-refractivity contribution is 0.0964. The van der Waals surface area contributed by atoms with Crippen molar-refractivity contribution in [2.75, 3.05) is 33.2 Å². The predicted molar refractivity (Wildman–Crippen MR) is 77.2 cm³/mol. The highest BCUT2D eigenvalue weighted by Crippen LogP contribution is 2.33. The third-order valence-electron chi connectivity index (χ3n) is 3.23. The lowest BCUT2D eigenvalue weighted by Crippen LogP contribution is -2.17. The summed E-state index contributed by atoms with van der Waals surface area (Å²) >= 11 is 0. The SMILES string of the molecule is CNC(=O)c1cn(C)c2c(OC)cc(N(C)C)cc12. The van der Waals surface area contributed by atoms with Gasteiger partial charge < -0.3 is 19.5 Å². The zero-order chi connectivity index (χ0) is 14.2. The number of aryl methyl sites for hydroxylation is 1. The first-order valence-corrected chi connectivity index (χ1v) is 6.06. The Kier molecular flexibility index (Phi) is 3.38. The van der Waals surface area contributed by atoms with Crippen molar-refractivity contribution >= 4 is 22.5 Å². The van der Waals surface area contributed by atoms with Crippen LogP contribution in [0.15, 0.2) is 18.3 Å². The number of rotatable bonds is 3. The Morgan fingerprint density at radius 3 is 2.58 bits per heavy atom. The molecule has 2 aromatic rings. The van der Waals surface area contributed by atoms with Crippen LogP contribution in [0.4, 0.5) is 5.69 Å². The summed E-state index contributed by atoms with van der Waals surface area (Å²) in [5, 5.41) is 3.56. The molecule has 0 saturated carbocycles. The van der Waals surface area contributed by atoms with Crippen LogP contribution in [0.3, 0.4) is 0 Å². The third kappa shape index (κ3) is 2.12. The Morgan fingerprint density at radius 2 is 2.05 bits per heavy atom. The van der Waals surface area contributed by atoms with Gasteiger partial charge in [-0.1, -0.05) is 0 Å². The number of benzene rings is 1. The average Bonchev–Trinajstić information content (AvgIpc) is 2.74. The molecular weight excluding hydrogens is 242 g/mol. The van der Waals surface area contributed by atoms with Gasteiger partial charge in [0.15, 0.2) is 0 Å². The number of hydrogen-bond donors (Lipinski definition) is 1. The normalized spacial score (nSPS) is 10.6. The molecule has 0 aliphatic heterocycles. The highest BCUT2D eigenvalue weighted by Gasteiger charge is 2.17. The molecule has 0 unspecified atom stereocenters. The molecule has 2 rings (SSSR count). The van der Waals surface area contributed by atoms with E-state index in [1.165, 1.54) is 0 Å². The topological polar surface area (TPSA) is 46.5 Å². The van der Waals surface area contributed by atoms with Gasteiger partial charge in [-0.05, 0) is 6.07 Å². The predicted octanol–water partition coefficient (Wildman–Crippen LogP) is 1.61. The molecular formula is C14H19N3O2. The number of carbonyl (C=O) groups excluding carboxylic acids is 1. The molecule has 0 radical (unpaired) electrons. The van der Waals surface area contributed by atoms with E-state index < -0.39 is 0 Å². The standard InChI is InChI=1S/C14H19N3O2/c1-15-14(18)11-8-17(4)13-10(11)6-9(16(2)3)7-12(13)19-5/h6-8H,1-5H3,(H,15,18). The molecule has 1 heterocycles. The van der Waals surface area contributed by atoms with Gasteiger partial charge in [-0.2, -0.15) is 0 Å². The summed E-state index contributed by atoms with van der Waals surface area (Å²) in [5.41, 5.74) is 2.58. The van der Waals surface area contributed by atoms with Crippen LogP contribution in [0.25, 0.3) is 10.9 Å². The number of anilines is 1. The van der Waals surface area contributed by atoms with Crippen LogP contribution in [0.1, 0.15) is 10.4 Å². The van der Waals surface area contributed by atoms with Gasteiger partial charge in [-0.15, -0.1) is 0 Å². The Morgan fingerprint density at radius 1 is 1.37 bits per heavy atom. The highest BCUT2D eigenvalue weighted by molar-refractivity contribution is 6.09. The molecule has 1 aromatic heterocycles. The molecule has 1 aromatic carbocycles. The summed E-state index contributed by atoms with van der Waals surface area (Å²) in [6, 6.07) is 3.97. The number of nitrogens with one attached hydrogen (secondary N) is 1. The first kappa shape index (κ1) is 13.3. The van der Waals surface area contributed by atoms with Crippen molar-refractivity contribution in [2.45, 2.75) is 0 Å². The zero-order valence-corrected chi connectivity index (χ0v) is 11.9. The van der Waals surface area contributed by atoms with Crippen molar-refractivity contribution < 1.29 is 9.53 Å². The van der Waals surface area contributed by atoms with Gasteiger partial charge >= 0.3 is 0 Å². The lowest BCUT2D eigenvalue weighted by atomic mass is 10.1. The van der Waals surface area contributed by atoms with Crippen molar-refractivity contribution in [1.82, 2.24) is 9.88 Å². The van der Waals surface area contributed by atoms with Crippen molar-refractivity contribution in [3.63, 3.8) is 0 Å². The Balaban J connectivity index is 2.80. The van der Waals surface area contributed by atoms with Crippen molar-refractivity contribution in [3.05, 3.63) is 23.9 Å². The molecule has 5 heteroatoms. The fourth-order valence-corrected chi connectivity index (χ4v) is 2.22. The van der Waals surface area contributed by atoms with Crippen LogP contribution in [-0.4, -0.2) is 38.7 Å². The van der Waals surface area contributed by atoms with E-state index in [4.69, 9.17) is 4.74 Å². The van der Waals surface area contributed by atoms with Gasteiger partial charge in [-0.3, -0.25) is 4.79 Å². The molecule has 5 nitrogen and oxygen atoms in total. The molecule has 0 saturated heterocycles. The van der Waals surface area contributed by atoms with E-state index in [0.29, 0.717) is 5.56 Å². The van der Waals surface area contributed by atoms with E-state index in [0.717, 1.165) is 22.3 Å². The first-order chi connectivity index (χ1) is 8.99. The summed E-state index contributed by atoms with van der Waals surface area (Å²) in [6.45, 7) is 0. The van der Waals surface area contributed by atoms with Crippen LogP contribution in [0, 0.1) is 0 Å². The number of fused-ring (bicyclic) bond motifs is 1. The first-order valence-electron chi connectivity index (χ1n) is 6.06. The van der Waals surface area contributed by atoms with Crippen LogP contribution in [0.2, 0.25) is 0 Å². The number of ether oxygens (including phenoxy) is 1. The Hall–Kier alpha value is -2.17. The average molecular weight is 261 g/mol. The van der Waals surface area contributed by atoms with Gasteiger partial charge in [0.2, 0.25) is 0 Å². The summed E-state index contributed by atoms with van der Waals surface area (Å²) in [7, 11) is 9.10. The molecule has 1 N–H and O–H groups in total. The van der Waals surface area contributed by atoms with Crippen molar-refractivity contribution in [2.24, 2.45) is 7.05 Å². The fourth-order valence-electron chi connectivity index (χ4n) is 2.22. The number of hydrogen-bond acceptors (Lipinski definition) is 3. The maximum absolute atomic E-state index is 11.9. The van der Waals surface area contributed by atoms with E-state index in [-0.39, 0.29) is 5.91 Å². The molecule has 0 atom stereocenters. The molecule has 0 spiro atoms. The van der Waals surface area contributed by atoms with E-state index in [2.05, 4.69) is 5.32 Å². The second-order valence-corrected chi connectivity index (χ2v) is 4.67. The van der Waals surface area contributed by atoms with Gasteiger partial charge in [-0.25, -0.2) is 0 Å². The molecule has 0 aliphatic carbocycles. The number of amides is 1. The van der Waals surface area contributed by atoms with Crippen LogP contribution >= 0.6 is 0 Å². The maximum atomic E-state index is 11.9. The Bertz CT molecular complexity index is 629. The van der Waals surface area contributed by atoms with Crippen molar-refractivity contribution in [1.29, 1.82) is 0 Å². The van der Waals surface area contributed by atoms with Crippen molar-refractivity contribution in [3.8, 4) is 5.75 Å². The van der Waals surface area contributed by atoms with E-state index in [1.54, 1.807) is 14.2 Å². The molecule has 19 heavy (non-hydrogen) atoms. The van der Waals surface area contributed by atoms with E-state index in [9.17, 15) is 4.79 Å². The number of aromatic nitrogens is 1. The Labute approximate surface area is 112 Å². The third-order valence-corrected chi connectivity index (χ3v) is 3.23. The van der Waals surface area contributed by atoms with Crippen LogP contribution in [0.5, 0.6) is 5.75 Å². The summed E-state index contributed by atoms with van der Waals surface area (Å²) in [6.07, 6.45) is 1.82. The van der Waals surface area contributed by atoms with E-state index >= 15 is 0 Å². The van der Waals surface area contributed by atoms with Gasteiger partial charge in [0.05, 0.1) is 18.2 Å². The lowest BCUT2D eigenvalue weighted by Gasteiger charge is -2.15. The quantitative estimate of drug-likeness (QED) is 0.913. The highest BCUT2D eigenvalue weighted by atomic mass is 16.5. The minimum absolute atomic E-state index is 0.0939.